The summed E-state index contributed by atoms with van der Waals surface area (Å²) in [7, 11) is -2.62. The minimum Gasteiger partial charge on any atom is -0.464 e. The van der Waals surface area contributed by atoms with E-state index in [0.717, 1.165) is 5.39 Å². The van der Waals surface area contributed by atoms with E-state index in [4.69, 9.17) is 0 Å². The van der Waals surface area contributed by atoms with Gasteiger partial charge in [-0.15, -0.1) is 0 Å². The number of hydrogen-bond donors (Lipinski definition) is 0. The topological polar surface area (TPSA) is 72.8 Å². The zero-order valence-electron chi connectivity index (χ0n) is 9.95. The largest absolute Gasteiger partial charge is 0.464 e. The van der Waals surface area contributed by atoms with Gasteiger partial charge in [0.15, 0.2) is 5.71 Å². The molecule has 5 nitrogen and oxygen atoms in total. The molecule has 0 unspecified atom stereocenters. The predicted octanol–water partition coefficient (Wildman–Crippen LogP) is 1.50. The second-order valence-corrected chi connectivity index (χ2v) is 5.64. The van der Waals surface area contributed by atoms with Gasteiger partial charge in [-0.3, -0.25) is 0 Å². The minimum atomic E-state index is -3.81. The monoisotopic (exact) mass is 275 g/mol. The number of benzene rings is 2. The number of ether oxygens (including phenoxy) is 1. The Morgan fingerprint density at radius 3 is 2.63 bits per heavy atom. The lowest BCUT2D eigenvalue weighted by Crippen LogP contribution is -2.15. The first kappa shape index (κ1) is 11.9. The average Bonchev–Trinajstić information content (AvgIpc) is 2.70. The standard InChI is InChI=1S/C13H9NO4S/c1-18-13(15)12-11-9-5-3-2-4-8(9)6-7-10(11)19(16,17)14-12/h2-7H,1H3. The van der Waals surface area contributed by atoms with Crippen molar-refractivity contribution >= 4 is 32.5 Å². The van der Waals surface area contributed by atoms with Crippen LogP contribution in [0.1, 0.15) is 5.56 Å². The first-order chi connectivity index (χ1) is 9.04. The molecule has 0 fully saturated rings. The fourth-order valence-electron chi connectivity index (χ4n) is 2.16. The van der Waals surface area contributed by atoms with Crippen molar-refractivity contribution in [3.63, 3.8) is 0 Å². The molecular formula is C13H9NO4S. The molecule has 1 aliphatic heterocycles. The molecule has 1 heterocycles. The van der Waals surface area contributed by atoms with E-state index in [9.17, 15) is 13.2 Å². The number of carbonyl (C=O) groups is 1. The Labute approximate surface area is 109 Å². The predicted molar refractivity (Wildman–Crippen MR) is 69.7 cm³/mol. The number of carbonyl (C=O) groups excluding carboxylic acids is 1. The summed E-state index contributed by atoms with van der Waals surface area (Å²) in [5, 5.41) is 1.51. The lowest BCUT2D eigenvalue weighted by Gasteiger charge is -2.05. The minimum absolute atomic E-state index is 0.0478. The van der Waals surface area contributed by atoms with Crippen LogP contribution in [-0.2, 0) is 19.6 Å². The van der Waals surface area contributed by atoms with Gasteiger partial charge in [0.1, 0.15) is 0 Å². The maximum absolute atomic E-state index is 11.9. The van der Waals surface area contributed by atoms with E-state index in [0.29, 0.717) is 10.9 Å². The number of sulfonamides is 1. The second kappa shape index (κ2) is 3.89. The summed E-state index contributed by atoms with van der Waals surface area (Å²) >= 11 is 0. The number of fused-ring (bicyclic) bond motifs is 3. The van der Waals surface area contributed by atoms with Crippen LogP contribution >= 0.6 is 0 Å². The summed E-state index contributed by atoms with van der Waals surface area (Å²) in [6.45, 7) is 0. The van der Waals surface area contributed by atoms with Crippen molar-refractivity contribution in [3.05, 3.63) is 42.0 Å². The van der Waals surface area contributed by atoms with Crippen LogP contribution < -0.4 is 0 Å². The highest BCUT2D eigenvalue weighted by Gasteiger charge is 2.34. The smallest absolute Gasteiger partial charge is 0.358 e. The number of nitrogens with zero attached hydrogens (tertiary/aromatic N) is 1. The molecule has 0 aliphatic carbocycles. The Morgan fingerprint density at radius 1 is 1.16 bits per heavy atom. The van der Waals surface area contributed by atoms with Gasteiger partial charge >= 0.3 is 5.97 Å². The van der Waals surface area contributed by atoms with Crippen molar-refractivity contribution in [2.45, 2.75) is 4.90 Å². The van der Waals surface area contributed by atoms with Gasteiger partial charge in [-0.05, 0) is 16.8 Å². The van der Waals surface area contributed by atoms with Gasteiger partial charge in [0.2, 0.25) is 0 Å². The Morgan fingerprint density at radius 2 is 1.89 bits per heavy atom. The van der Waals surface area contributed by atoms with Crippen molar-refractivity contribution in [2.24, 2.45) is 4.40 Å². The maximum Gasteiger partial charge on any atom is 0.358 e. The molecule has 1 aliphatic rings. The quantitative estimate of drug-likeness (QED) is 0.739. The van der Waals surface area contributed by atoms with Crippen LogP contribution in [0.5, 0.6) is 0 Å². The molecule has 0 saturated heterocycles. The fourth-order valence-corrected chi connectivity index (χ4v) is 3.37. The van der Waals surface area contributed by atoms with Crippen LogP contribution in [0.15, 0.2) is 45.7 Å². The van der Waals surface area contributed by atoms with Gasteiger partial charge in [0.05, 0.1) is 12.0 Å². The normalized spacial score (nSPS) is 15.9. The van der Waals surface area contributed by atoms with E-state index < -0.39 is 16.0 Å². The van der Waals surface area contributed by atoms with E-state index in [1.165, 1.54) is 13.2 Å². The van der Waals surface area contributed by atoms with Gasteiger partial charge in [0, 0.05) is 5.56 Å². The maximum atomic E-state index is 11.9. The summed E-state index contributed by atoms with van der Waals surface area (Å²) in [5.74, 6) is -0.751. The SMILES string of the molecule is COC(=O)C1=NS(=O)(=O)c2ccc3ccccc3c21. The van der Waals surface area contributed by atoms with Crippen LogP contribution in [0, 0.1) is 0 Å². The second-order valence-electron chi connectivity index (χ2n) is 4.07. The van der Waals surface area contributed by atoms with Crippen LogP contribution in [0.4, 0.5) is 0 Å². The Kier molecular flexibility index (Phi) is 2.43. The summed E-state index contributed by atoms with van der Waals surface area (Å²) in [6, 6.07) is 10.4. The van der Waals surface area contributed by atoms with E-state index in [2.05, 4.69) is 9.13 Å². The molecule has 2 aromatic rings. The van der Waals surface area contributed by atoms with Crippen molar-refractivity contribution in [1.29, 1.82) is 0 Å². The molecule has 96 valence electrons. The molecule has 0 bridgehead atoms. The molecule has 0 radical (unpaired) electrons. The first-order valence-corrected chi connectivity index (χ1v) is 6.94. The molecule has 6 heteroatoms. The van der Waals surface area contributed by atoms with Crippen molar-refractivity contribution in [3.8, 4) is 0 Å². The van der Waals surface area contributed by atoms with Crippen molar-refractivity contribution in [2.75, 3.05) is 7.11 Å². The van der Waals surface area contributed by atoms with E-state index >= 15 is 0 Å². The lowest BCUT2D eigenvalue weighted by molar-refractivity contribution is -0.132. The molecule has 0 saturated carbocycles. The highest BCUT2D eigenvalue weighted by molar-refractivity contribution is 7.91. The first-order valence-electron chi connectivity index (χ1n) is 5.50. The van der Waals surface area contributed by atoms with E-state index in [1.807, 2.05) is 12.1 Å². The highest BCUT2D eigenvalue weighted by atomic mass is 32.2. The molecule has 3 rings (SSSR count). The zero-order chi connectivity index (χ0) is 13.6. The number of esters is 1. The molecule has 0 atom stereocenters. The van der Waals surface area contributed by atoms with Crippen LogP contribution in [0.2, 0.25) is 0 Å². The molecule has 19 heavy (non-hydrogen) atoms. The van der Waals surface area contributed by atoms with Crippen LogP contribution in [0.25, 0.3) is 10.8 Å². The zero-order valence-corrected chi connectivity index (χ0v) is 10.8. The Balaban J connectivity index is 2.44. The lowest BCUT2D eigenvalue weighted by atomic mass is 10.0. The molecule has 0 aromatic heterocycles. The van der Waals surface area contributed by atoms with Crippen molar-refractivity contribution in [1.82, 2.24) is 0 Å². The van der Waals surface area contributed by atoms with Crippen molar-refractivity contribution < 1.29 is 17.9 Å². The molecule has 0 amide bonds. The van der Waals surface area contributed by atoms with Gasteiger partial charge in [-0.1, -0.05) is 30.3 Å². The summed E-state index contributed by atoms with van der Waals surface area (Å²) in [5.41, 5.74) is 0.166. The molecule has 2 aromatic carbocycles. The fraction of sp³-hybridized carbons (Fsp3) is 0.0769. The third-order valence-corrected chi connectivity index (χ3v) is 4.31. The molecular weight excluding hydrogens is 266 g/mol. The number of hydrogen-bond acceptors (Lipinski definition) is 4. The Hall–Kier alpha value is -2.21. The number of rotatable bonds is 1. The van der Waals surface area contributed by atoms with Gasteiger partial charge in [-0.2, -0.15) is 12.8 Å². The molecule has 0 spiro atoms. The highest BCUT2D eigenvalue weighted by Crippen LogP contribution is 2.32. The van der Waals surface area contributed by atoms with Gasteiger partial charge in [0.25, 0.3) is 10.0 Å². The Bertz CT molecular complexity index is 837. The van der Waals surface area contributed by atoms with E-state index in [1.54, 1.807) is 18.2 Å². The van der Waals surface area contributed by atoms with Crippen LogP contribution in [-0.4, -0.2) is 27.2 Å². The summed E-state index contributed by atoms with van der Waals surface area (Å²) in [4.78, 5) is 11.7. The summed E-state index contributed by atoms with van der Waals surface area (Å²) < 4.78 is 32.0. The average molecular weight is 275 g/mol. The third kappa shape index (κ3) is 1.64. The summed E-state index contributed by atoms with van der Waals surface area (Å²) in [6.07, 6.45) is 0. The number of methoxy groups -OCH3 is 1. The van der Waals surface area contributed by atoms with E-state index in [-0.39, 0.29) is 10.6 Å². The van der Waals surface area contributed by atoms with Gasteiger partial charge < -0.3 is 4.74 Å². The molecule has 0 N–H and O–H groups in total. The third-order valence-electron chi connectivity index (χ3n) is 3.00. The van der Waals surface area contributed by atoms with Gasteiger partial charge in [-0.25, -0.2) is 4.79 Å². The van der Waals surface area contributed by atoms with Crippen LogP contribution in [0.3, 0.4) is 0 Å².